The van der Waals surface area contributed by atoms with Gasteiger partial charge in [0.05, 0.1) is 5.56 Å². The van der Waals surface area contributed by atoms with Crippen LogP contribution in [0.3, 0.4) is 0 Å². The molecule has 0 radical (unpaired) electrons. The Balaban J connectivity index is 1.71. The highest BCUT2D eigenvalue weighted by atomic mass is 79.9. The zero-order valence-corrected chi connectivity index (χ0v) is 13.1. The van der Waals surface area contributed by atoms with Gasteiger partial charge < -0.3 is 5.32 Å². The van der Waals surface area contributed by atoms with E-state index in [-0.39, 0.29) is 5.91 Å². The summed E-state index contributed by atoms with van der Waals surface area (Å²) in [7, 11) is 0. The third kappa shape index (κ3) is 2.69. The third-order valence-electron chi connectivity index (χ3n) is 4.13. The lowest BCUT2D eigenvalue weighted by molar-refractivity contribution is 0.0926. The number of rotatable bonds is 2. The van der Waals surface area contributed by atoms with Crippen LogP contribution in [-0.4, -0.2) is 36.0 Å². The van der Waals surface area contributed by atoms with Gasteiger partial charge in [-0.05, 0) is 44.0 Å². The SMILES string of the molecule is O=C(NC1CCN2CCCC12)c1ccc(Br)cc1S. The van der Waals surface area contributed by atoms with Crippen molar-refractivity contribution < 1.29 is 4.79 Å². The molecule has 0 saturated carbocycles. The molecule has 5 heteroatoms. The summed E-state index contributed by atoms with van der Waals surface area (Å²) in [6, 6.07) is 6.40. The summed E-state index contributed by atoms with van der Waals surface area (Å²) in [4.78, 5) is 15.5. The Morgan fingerprint density at radius 3 is 3.00 bits per heavy atom. The number of thiol groups is 1. The first kappa shape index (κ1) is 13.5. The van der Waals surface area contributed by atoms with Gasteiger partial charge in [0, 0.05) is 28.0 Å². The Bertz CT molecular complexity index is 508. The fraction of sp³-hybridized carbons (Fsp3) is 0.500. The van der Waals surface area contributed by atoms with Crippen LogP contribution in [0.1, 0.15) is 29.6 Å². The topological polar surface area (TPSA) is 32.3 Å². The second-order valence-electron chi connectivity index (χ2n) is 5.28. The zero-order valence-electron chi connectivity index (χ0n) is 10.6. The van der Waals surface area contributed by atoms with E-state index in [0.29, 0.717) is 22.5 Å². The van der Waals surface area contributed by atoms with E-state index in [4.69, 9.17) is 0 Å². The van der Waals surface area contributed by atoms with Crippen molar-refractivity contribution in [3.8, 4) is 0 Å². The minimum Gasteiger partial charge on any atom is -0.348 e. The summed E-state index contributed by atoms with van der Waals surface area (Å²) in [5, 5.41) is 3.18. The lowest BCUT2D eigenvalue weighted by atomic mass is 10.1. The van der Waals surface area contributed by atoms with Crippen LogP contribution in [0.2, 0.25) is 0 Å². The average molecular weight is 341 g/mol. The number of benzene rings is 1. The molecule has 1 amide bonds. The molecule has 2 aliphatic heterocycles. The van der Waals surface area contributed by atoms with Gasteiger partial charge in [0.25, 0.3) is 5.91 Å². The number of hydrogen-bond acceptors (Lipinski definition) is 3. The van der Waals surface area contributed by atoms with Crippen molar-refractivity contribution in [2.75, 3.05) is 13.1 Å². The van der Waals surface area contributed by atoms with Gasteiger partial charge >= 0.3 is 0 Å². The number of carbonyl (C=O) groups excluding carboxylic acids is 1. The number of nitrogens with one attached hydrogen (secondary N) is 1. The van der Waals surface area contributed by atoms with Crippen molar-refractivity contribution in [2.24, 2.45) is 0 Å². The van der Waals surface area contributed by atoms with Crippen LogP contribution in [-0.2, 0) is 0 Å². The molecule has 2 aliphatic rings. The van der Waals surface area contributed by atoms with E-state index >= 15 is 0 Å². The highest BCUT2D eigenvalue weighted by molar-refractivity contribution is 9.10. The van der Waals surface area contributed by atoms with E-state index in [1.807, 2.05) is 18.2 Å². The van der Waals surface area contributed by atoms with Gasteiger partial charge in [0.2, 0.25) is 0 Å². The molecule has 2 unspecified atom stereocenters. The summed E-state index contributed by atoms with van der Waals surface area (Å²) in [6.45, 7) is 2.30. The molecule has 2 heterocycles. The summed E-state index contributed by atoms with van der Waals surface area (Å²) in [5.41, 5.74) is 0.656. The minimum absolute atomic E-state index is 0.00347. The van der Waals surface area contributed by atoms with Gasteiger partial charge in [0.1, 0.15) is 0 Å². The quantitative estimate of drug-likeness (QED) is 0.811. The van der Waals surface area contributed by atoms with Crippen LogP contribution in [0.4, 0.5) is 0 Å². The number of fused-ring (bicyclic) bond motifs is 1. The number of hydrogen-bond donors (Lipinski definition) is 2. The van der Waals surface area contributed by atoms with Gasteiger partial charge in [0.15, 0.2) is 0 Å². The van der Waals surface area contributed by atoms with Gasteiger partial charge in [-0.2, -0.15) is 0 Å². The van der Waals surface area contributed by atoms with E-state index in [1.165, 1.54) is 19.4 Å². The molecular weight excluding hydrogens is 324 g/mol. The van der Waals surface area contributed by atoms with E-state index in [9.17, 15) is 4.79 Å². The minimum atomic E-state index is -0.00347. The highest BCUT2D eigenvalue weighted by Gasteiger charge is 2.37. The predicted octanol–water partition coefficient (Wildman–Crippen LogP) is 2.70. The molecule has 0 aromatic heterocycles. The lowest BCUT2D eigenvalue weighted by Crippen LogP contribution is -2.42. The Hall–Kier alpha value is -0.520. The molecule has 102 valence electrons. The standard InChI is InChI=1S/C14H17BrN2OS/c15-9-3-4-10(13(19)8-9)14(18)16-11-5-7-17-6-1-2-12(11)17/h3-4,8,11-12,19H,1-2,5-7H2,(H,16,18). The van der Waals surface area contributed by atoms with Crippen molar-refractivity contribution >= 4 is 34.5 Å². The summed E-state index contributed by atoms with van der Waals surface area (Å²) >= 11 is 7.76. The van der Waals surface area contributed by atoms with Crippen LogP contribution in [0.25, 0.3) is 0 Å². The maximum atomic E-state index is 12.3. The number of amides is 1. The maximum Gasteiger partial charge on any atom is 0.252 e. The van der Waals surface area contributed by atoms with Gasteiger partial charge in [-0.15, -0.1) is 12.6 Å². The molecule has 1 aromatic carbocycles. The normalized spacial score (nSPS) is 26.4. The predicted molar refractivity (Wildman–Crippen MR) is 81.9 cm³/mol. The van der Waals surface area contributed by atoms with Crippen LogP contribution in [0.15, 0.2) is 27.6 Å². The van der Waals surface area contributed by atoms with Crippen LogP contribution < -0.4 is 5.32 Å². The molecule has 2 fully saturated rings. The number of halogens is 1. The molecule has 0 spiro atoms. The highest BCUT2D eigenvalue weighted by Crippen LogP contribution is 2.28. The number of carbonyl (C=O) groups is 1. The van der Waals surface area contributed by atoms with E-state index < -0.39 is 0 Å². The fourth-order valence-corrected chi connectivity index (χ4v) is 4.05. The average Bonchev–Trinajstić information content (AvgIpc) is 2.94. The Morgan fingerprint density at radius 2 is 2.21 bits per heavy atom. The first-order chi connectivity index (χ1) is 9.15. The molecule has 2 atom stereocenters. The Labute approximate surface area is 127 Å². The van der Waals surface area contributed by atoms with Crippen LogP contribution in [0, 0.1) is 0 Å². The second-order valence-corrected chi connectivity index (χ2v) is 6.67. The van der Waals surface area contributed by atoms with E-state index in [1.54, 1.807) is 0 Å². The molecule has 1 N–H and O–H groups in total. The molecule has 3 nitrogen and oxygen atoms in total. The van der Waals surface area contributed by atoms with Crippen LogP contribution in [0.5, 0.6) is 0 Å². The summed E-state index contributed by atoms with van der Waals surface area (Å²) in [6.07, 6.45) is 3.53. The maximum absolute atomic E-state index is 12.3. The molecule has 0 aliphatic carbocycles. The van der Waals surface area contributed by atoms with E-state index in [2.05, 4.69) is 38.8 Å². The summed E-state index contributed by atoms with van der Waals surface area (Å²) < 4.78 is 0.942. The number of nitrogens with zero attached hydrogens (tertiary/aromatic N) is 1. The molecular formula is C14H17BrN2OS. The third-order valence-corrected chi connectivity index (χ3v) is 4.99. The molecule has 19 heavy (non-hydrogen) atoms. The fourth-order valence-electron chi connectivity index (χ4n) is 3.19. The summed E-state index contributed by atoms with van der Waals surface area (Å²) in [5.74, 6) is -0.00347. The van der Waals surface area contributed by atoms with Crippen molar-refractivity contribution in [3.63, 3.8) is 0 Å². The largest absolute Gasteiger partial charge is 0.348 e. The zero-order chi connectivity index (χ0) is 13.4. The lowest BCUT2D eigenvalue weighted by Gasteiger charge is -2.21. The first-order valence-electron chi connectivity index (χ1n) is 6.68. The molecule has 1 aromatic rings. The Morgan fingerprint density at radius 1 is 1.37 bits per heavy atom. The van der Waals surface area contributed by atoms with Gasteiger partial charge in [-0.1, -0.05) is 15.9 Å². The molecule has 2 saturated heterocycles. The monoisotopic (exact) mass is 340 g/mol. The van der Waals surface area contributed by atoms with Crippen molar-refractivity contribution in [2.45, 2.75) is 36.2 Å². The van der Waals surface area contributed by atoms with Gasteiger partial charge in [-0.25, -0.2) is 0 Å². The molecule has 3 rings (SSSR count). The van der Waals surface area contributed by atoms with E-state index in [0.717, 1.165) is 17.4 Å². The molecule has 0 bridgehead atoms. The smallest absolute Gasteiger partial charge is 0.252 e. The Kier molecular flexibility index (Phi) is 3.87. The van der Waals surface area contributed by atoms with Gasteiger partial charge in [-0.3, -0.25) is 9.69 Å². The first-order valence-corrected chi connectivity index (χ1v) is 7.92. The van der Waals surface area contributed by atoms with Crippen molar-refractivity contribution in [3.05, 3.63) is 28.2 Å². The van der Waals surface area contributed by atoms with Crippen molar-refractivity contribution in [1.29, 1.82) is 0 Å². The second kappa shape index (κ2) is 5.46. The van der Waals surface area contributed by atoms with Crippen molar-refractivity contribution in [1.82, 2.24) is 10.2 Å². The van der Waals surface area contributed by atoms with Crippen LogP contribution >= 0.6 is 28.6 Å².